The number of hydrogen-bond donors (Lipinski definition) is 1. The van der Waals surface area contributed by atoms with Crippen molar-refractivity contribution in [2.75, 3.05) is 0 Å². The highest BCUT2D eigenvalue weighted by Crippen LogP contribution is 2.21. The van der Waals surface area contributed by atoms with Crippen LogP contribution in [-0.4, -0.2) is 14.5 Å². The van der Waals surface area contributed by atoms with E-state index in [4.69, 9.17) is 16.6 Å². The molecule has 3 rings (SSSR count). The third-order valence-corrected chi connectivity index (χ3v) is 3.93. The first-order chi connectivity index (χ1) is 9.04. The van der Waals surface area contributed by atoms with Crippen LogP contribution in [-0.2, 0) is 6.54 Å². The number of H-pyrrole nitrogens is 1. The van der Waals surface area contributed by atoms with Crippen molar-refractivity contribution in [1.82, 2.24) is 14.5 Å². The van der Waals surface area contributed by atoms with Crippen LogP contribution in [0.1, 0.15) is 11.7 Å². The minimum Gasteiger partial charge on any atom is -0.444 e. The topological polar surface area (TPSA) is 46.8 Å². The Balaban J connectivity index is 2.15. The van der Waals surface area contributed by atoms with Gasteiger partial charge < -0.3 is 14.0 Å². The molecule has 0 radical (unpaired) electrons. The van der Waals surface area contributed by atoms with Crippen LogP contribution < -0.4 is 0 Å². The Morgan fingerprint density at radius 2 is 2.32 bits per heavy atom. The summed E-state index contributed by atoms with van der Waals surface area (Å²) in [6.45, 7) is 2.21. The highest BCUT2D eigenvalue weighted by atomic mass is 127. The number of hydrogen-bond acceptors (Lipinski definition) is 3. The molecule has 2 aromatic heterocycles. The van der Waals surface area contributed by atoms with Gasteiger partial charge in [0.15, 0.2) is 4.77 Å². The van der Waals surface area contributed by atoms with E-state index in [0.29, 0.717) is 26.3 Å². The standard InChI is InChI=1S/C12H9FIN3OS/c1-6-4-15-11(18-6)5-17-10-2-7(13)8(14)3-9(10)16-12(17)19/h2-4H,5H2,1H3,(H,16,19). The molecule has 4 nitrogen and oxygen atoms in total. The second kappa shape index (κ2) is 4.71. The minimum atomic E-state index is -0.264. The van der Waals surface area contributed by atoms with Gasteiger partial charge in [0.05, 0.1) is 20.8 Å². The molecule has 0 unspecified atom stereocenters. The highest BCUT2D eigenvalue weighted by molar-refractivity contribution is 14.1. The Morgan fingerprint density at radius 3 is 3.00 bits per heavy atom. The van der Waals surface area contributed by atoms with Gasteiger partial charge in [0.2, 0.25) is 5.89 Å². The number of fused-ring (bicyclic) bond motifs is 1. The summed E-state index contributed by atoms with van der Waals surface area (Å²) in [5, 5.41) is 0. The SMILES string of the molecule is Cc1cnc(Cn2c(=S)[nH]c3cc(I)c(F)cc32)o1. The first-order valence-electron chi connectivity index (χ1n) is 5.53. The van der Waals surface area contributed by atoms with E-state index in [1.165, 1.54) is 6.07 Å². The molecule has 0 saturated carbocycles. The Kier molecular flexibility index (Phi) is 3.17. The first kappa shape index (κ1) is 12.8. The molecule has 1 aromatic carbocycles. The number of benzene rings is 1. The van der Waals surface area contributed by atoms with Gasteiger partial charge in [-0.3, -0.25) is 0 Å². The number of oxazole rings is 1. The van der Waals surface area contributed by atoms with Gasteiger partial charge in [-0.15, -0.1) is 0 Å². The number of aromatic nitrogens is 3. The van der Waals surface area contributed by atoms with Crippen LogP contribution in [0.5, 0.6) is 0 Å². The Labute approximate surface area is 126 Å². The predicted octanol–water partition coefficient (Wildman–Crippen LogP) is 3.79. The summed E-state index contributed by atoms with van der Waals surface area (Å²) in [6, 6.07) is 3.21. The zero-order valence-electron chi connectivity index (χ0n) is 9.91. The lowest BCUT2D eigenvalue weighted by Gasteiger charge is -2.02. The van der Waals surface area contributed by atoms with Gasteiger partial charge in [-0.25, -0.2) is 9.37 Å². The fraction of sp³-hybridized carbons (Fsp3) is 0.167. The normalized spacial score (nSPS) is 11.3. The smallest absolute Gasteiger partial charge is 0.214 e. The van der Waals surface area contributed by atoms with Crippen molar-refractivity contribution >= 4 is 45.8 Å². The number of aromatic amines is 1. The maximum absolute atomic E-state index is 13.7. The minimum absolute atomic E-state index is 0.264. The number of aryl methyl sites for hydroxylation is 1. The second-order valence-electron chi connectivity index (χ2n) is 4.16. The average Bonchev–Trinajstić information content (AvgIpc) is 2.87. The number of nitrogens with one attached hydrogen (secondary N) is 1. The molecule has 0 amide bonds. The van der Waals surface area contributed by atoms with Crippen LogP contribution >= 0.6 is 34.8 Å². The Bertz CT molecular complexity index is 820. The zero-order chi connectivity index (χ0) is 13.6. The predicted molar refractivity (Wildman–Crippen MR) is 80.1 cm³/mol. The maximum Gasteiger partial charge on any atom is 0.214 e. The van der Waals surface area contributed by atoms with Crippen molar-refractivity contribution in [2.45, 2.75) is 13.5 Å². The average molecular weight is 389 g/mol. The van der Waals surface area contributed by atoms with E-state index in [1.54, 1.807) is 16.8 Å². The molecule has 0 aliphatic rings. The van der Waals surface area contributed by atoms with Crippen LogP contribution in [0.15, 0.2) is 22.7 Å². The van der Waals surface area contributed by atoms with E-state index in [2.05, 4.69) is 9.97 Å². The molecule has 0 bridgehead atoms. The van der Waals surface area contributed by atoms with Crippen molar-refractivity contribution < 1.29 is 8.81 Å². The van der Waals surface area contributed by atoms with Crippen LogP contribution in [0.3, 0.4) is 0 Å². The fourth-order valence-corrected chi connectivity index (χ4v) is 2.66. The molecule has 7 heteroatoms. The van der Waals surface area contributed by atoms with Crippen molar-refractivity contribution in [3.05, 3.63) is 44.1 Å². The van der Waals surface area contributed by atoms with Gasteiger partial charge in [-0.2, -0.15) is 0 Å². The van der Waals surface area contributed by atoms with Gasteiger partial charge in [-0.1, -0.05) is 0 Å². The summed E-state index contributed by atoms with van der Waals surface area (Å²) >= 11 is 7.21. The van der Waals surface area contributed by atoms with Crippen molar-refractivity contribution in [3.8, 4) is 0 Å². The van der Waals surface area contributed by atoms with Crippen LogP contribution in [0.2, 0.25) is 0 Å². The Hall–Kier alpha value is -1.22. The molecule has 19 heavy (non-hydrogen) atoms. The van der Waals surface area contributed by atoms with Gasteiger partial charge in [0, 0.05) is 6.07 Å². The highest BCUT2D eigenvalue weighted by Gasteiger charge is 2.11. The zero-order valence-corrected chi connectivity index (χ0v) is 12.9. The monoisotopic (exact) mass is 389 g/mol. The van der Waals surface area contributed by atoms with E-state index in [0.717, 1.165) is 11.3 Å². The quantitative estimate of drug-likeness (QED) is 0.536. The number of halogens is 2. The molecule has 2 heterocycles. The molecule has 0 aliphatic carbocycles. The molecule has 0 fully saturated rings. The second-order valence-corrected chi connectivity index (χ2v) is 5.71. The molecule has 0 spiro atoms. The van der Waals surface area contributed by atoms with Crippen LogP contribution in [0.4, 0.5) is 4.39 Å². The van der Waals surface area contributed by atoms with E-state index in [1.807, 2.05) is 29.5 Å². The van der Waals surface area contributed by atoms with Gasteiger partial charge in [0.1, 0.15) is 18.1 Å². The summed E-state index contributed by atoms with van der Waals surface area (Å²) < 4.78 is 21.9. The molecule has 3 aromatic rings. The summed E-state index contributed by atoms with van der Waals surface area (Å²) in [5.74, 6) is 1.02. The summed E-state index contributed by atoms with van der Waals surface area (Å²) in [7, 11) is 0. The number of nitrogens with zero attached hydrogens (tertiary/aromatic N) is 2. The van der Waals surface area contributed by atoms with E-state index in [-0.39, 0.29) is 5.82 Å². The molecular weight excluding hydrogens is 380 g/mol. The summed E-state index contributed by atoms with van der Waals surface area (Å²) in [4.78, 5) is 7.19. The lowest BCUT2D eigenvalue weighted by molar-refractivity contribution is 0.458. The third-order valence-electron chi connectivity index (χ3n) is 2.78. The van der Waals surface area contributed by atoms with Gasteiger partial charge >= 0.3 is 0 Å². The van der Waals surface area contributed by atoms with Crippen molar-refractivity contribution in [3.63, 3.8) is 0 Å². The largest absolute Gasteiger partial charge is 0.444 e. The third kappa shape index (κ3) is 2.32. The van der Waals surface area contributed by atoms with Gasteiger partial charge in [-0.05, 0) is 47.8 Å². The van der Waals surface area contributed by atoms with Gasteiger partial charge in [0.25, 0.3) is 0 Å². The van der Waals surface area contributed by atoms with Crippen LogP contribution in [0.25, 0.3) is 11.0 Å². The van der Waals surface area contributed by atoms with Crippen LogP contribution in [0, 0.1) is 21.1 Å². The lowest BCUT2D eigenvalue weighted by atomic mass is 10.3. The fourth-order valence-electron chi connectivity index (χ4n) is 1.92. The number of imidazole rings is 1. The molecule has 98 valence electrons. The molecule has 0 aliphatic heterocycles. The van der Waals surface area contributed by atoms with E-state index < -0.39 is 0 Å². The van der Waals surface area contributed by atoms with Crippen molar-refractivity contribution in [2.24, 2.45) is 0 Å². The number of rotatable bonds is 2. The molecular formula is C12H9FIN3OS. The molecule has 1 N–H and O–H groups in total. The Morgan fingerprint density at radius 1 is 1.53 bits per heavy atom. The van der Waals surface area contributed by atoms with Crippen molar-refractivity contribution in [1.29, 1.82) is 0 Å². The van der Waals surface area contributed by atoms with E-state index >= 15 is 0 Å². The summed E-state index contributed by atoms with van der Waals surface area (Å²) in [6.07, 6.45) is 1.65. The first-order valence-corrected chi connectivity index (χ1v) is 7.02. The summed E-state index contributed by atoms with van der Waals surface area (Å²) in [5.41, 5.74) is 1.51. The molecule has 0 atom stereocenters. The van der Waals surface area contributed by atoms with E-state index in [9.17, 15) is 4.39 Å². The lowest BCUT2D eigenvalue weighted by Crippen LogP contribution is -2.00. The maximum atomic E-state index is 13.7. The molecule has 0 saturated heterocycles.